The fraction of sp³-hybridized carbons (Fsp3) is 0. The third kappa shape index (κ3) is 1.64. The van der Waals surface area contributed by atoms with Crippen LogP contribution < -0.4 is 0 Å². The molecule has 0 aliphatic carbocycles. The van der Waals surface area contributed by atoms with Gasteiger partial charge in [0.1, 0.15) is 0 Å². The van der Waals surface area contributed by atoms with Gasteiger partial charge in [-0.2, -0.15) is 0 Å². The van der Waals surface area contributed by atoms with Gasteiger partial charge in [0.05, 0.1) is 4.90 Å². The van der Waals surface area contributed by atoms with E-state index in [-0.39, 0.29) is 4.90 Å². The first-order chi connectivity index (χ1) is 5.17. The van der Waals surface area contributed by atoms with Crippen molar-refractivity contribution in [2.75, 3.05) is 0 Å². The molecule has 0 aliphatic rings. The average Bonchev–Trinajstić information content (AvgIpc) is 2.06. The topological polar surface area (TPSA) is 34.1 Å². The summed E-state index contributed by atoms with van der Waals surface area (Å²) in [5, 5.41) is 0.697. The molecule has 2 nitrogen and oxygen atoms in total. The highest BCUT2D eigenvalue weighted by Gasteiger charge is 2.11. The van der Waals surface area contributed by atoms with E-state index < -0.39 is 9.84 Å². The zero-order chi connectivity index (χ0) is 8.32. The van der Waals surface area contributed by atoms with Gasteiger partial charge in [-0.25, -0.2) is 8.42 Å². The normalized spacial score (nSPS) is 10.8. The van der Waals surface area contributed by atoms with E-state index in [0.29, 0.717) is 5.41 Å². The summed E-state index contributed by atoms with van der Waals surface area (Å²) in [7, 11) is -3.35. The molecule has 0 amide bonds. The van der Waals surface area contributed by atoms with E-state index in [0.717, 1.165) is 0 Å². The van der Waals surface area contributed by atoms with E-state index in [2.05, 4.69) is 0 Å². The van der Waals surface area contributed by atoms with Crippen LogP contribution in [0.25, 0.3) is 0 Å². The summed E-state index contributed by atoms with van der Waals surface area (Å²) in [6.45, 7) is 4.93. The highest BCUT2D eigenvalue weighted by molar-refractivity contribution is 7.94. The van der Waals surface area contributed by atoms with Crippen LogP contribution in [0, 0.1) is 6.58 Å². The van der Waals surface area contributed by atoms with Crippen LogP contribution in [0.5, 0.6) is 0 Å². The molecule has 0 atom stereocenters. The molecule has 3 heteroatoms. The SMILES string of the molecule is [CH+]=CS(=O)(=O)c1ccccc1. The number of hydrogen-bond donors (Lipinski definition) is 0. The van der Waals surface area contributed by atoms with E-state index in [1.165, 1.54) is 12.1 Å². The molecular formula is C8H7O2S+. The first kappa shape index (κ1) is 7.92. The zero-order valence-electron chi connectivity index (χ0n) is 5.77. The smallest absolute Gasteiger partial charge is 0.214 e. The maximum Gasteiger partial charge on any atom is 0.268 e. The molecule has 1 aromatic carbocycles. The second-order valence-corrected chi connectivity index (χ2v) is 3.83. The van der Waals surface area contributed by atoms with Crippen molar-refractivity contribution in [1.29, 1.82) is 0 Å². The van der Waals surface area contributed by atoms with Crippen molar-refractivity contribution in [2.24, 2.45) is 0 Å². The molecule has 0 spiro atoms. The van der Waals surface area contributed by atoms with Crippen molar-refractivity contribution in [2.45, 2.75) is 4.90 Å². The van der Waals surface area contributed by atoms with E-state index in [1.807, 2.05) is 0 Å². The summed E-state index contributed by atoms with van der Waals surface area (Å²) in [5.74, 6) is 0. The molecule has 0 bridgehead atoms. The fourth-order valence-corrected chi connectivity index (χ4v) is 1.38. The van der Waals surface area contributed by atoms with Gasteiger partial charge < -0.3 is 0 Å². The van der Waals surface area contributed by atoms with E-state index in [1.54, 1.807) is 18.2 Å². The van der Waals surface area contributed by atoms with Crippen LogP contribution in [-0.2, 0) is 9.84 Å². The van der Waals surface area contributed by atoms with Crippen LogP contribution in [0.4, 0.5) is 0 Å². The van der Waals surface area contributed by atoms with Gasteiger partial charge in [-0.05, 0) is 12.1 Å². The Bertz CT molecular complexity index is 338. The summed E-state index contributed by atoms with van der Waals surface area (Å²) in [6.07, 6.45) is 0. The predicted octanol–water partition coefficient (Wildman–Crippen LogP) is 1.41. The van der Waals surface area contributed by atoms with Gasteiger partial charge in [0, 0.05) is 0 Å². The summed E-state index contributed by atoms with van der Waals surface area (Å²) >= 11 is 0. The number of benzene rings is 1. The first-order valence-electron chi connectivity index (χ1n) is 3.02. The predicted molar refractivity (Wildman–Crippen MR) is 42.5 cm³/mol. The van der Waals surface area contributed by atoms with Crippen molar-refractivity contribution >= 4 is 9.84 Å². The van der Waals surface area contributed by atoms with Crippen LogP contribution in [0.2, 0.25) is 0 Å². The van der Waals surface area contributed by atoms with Gasteiger partial charge in [0.25, 0.3) is 5.41 Å². The standard InChI is InChI=1S/C8H7O2S/c1-2-11(9,10)8-6-4-3-5-7-8/h1-7H/q+1. The van der Waals surface area contributed by atoms with Crippen LogP contribution in [0.1, 0.15) is 0 Å². The van der Waals surface area contributed by atoms with E-state index in [4.69, 9.17) is 6.58 Å². The van der Waals surface area contributed by atoms with Crippen molar-refractivity contribution in [3.05, 3.63) is 42.3 Å². The third-order valence-corrected chi connectivity index (χ3v) is 2.54. The zero-order valence-corrected chi connectivity index (χ0v) is 6.58. The molecule has 1 rings (SSSR count). The van der Waals surface area contributed by atoms with Gasteiger partial charge in [-0.1, -0.05) is 18.2 Å². The van der Waals surface area contributed by atoms with Crippen molar-refractivity contribution in [1.82, 2.24) is 0 Å². The first-order valence-corrected chi connectivity index (χ1v) is 4.56. The lowest BCUT2D eigenvalue weighted by atomic mass is 10.4. The van der Waals surface area contributed by atoms with Crippen molar-refractivity contribution < 1.29 is 8.42 Å². The molecular weight excluding hydrogens is 160 g/mol. The molecule has 0 aliphatic heterocycles. The molecule has 0 unspecified atom stereocenters. The minimum absolute atomic E-state index is 0.225. The van der Waals surface area contributed by atoms with Crippen molar-refractivity contribution in [3.63, 3.8) is 0 Å². The molecule has 0 aromatic heterocycles. The van der Waals surface area contributed by atoms with Crippen LogP contribution in [0.3, 0.4) is 0 Å². The second-order valence-electron chi connectivity index (χ2n) is 1.99. The Balaban J connectivity index is 3.24. The molecule has 56 valence electrons. The Morgan fingerprint density at radius 2 is 1.73 bits per heavy atom. The number of sulfone groups is 1. The van der Waals surface area contributed by atoms with Crippen LogP contribution in [0.15, 0.2) is 40.6 Å². The third-order valence-electron chi connectivity index (χ3n) is 1.25. The Kier molecular flexibility index (Phi) is 2.03. The molecule has 0 heterocycles. The second kappa shape index (κ2) is 2.82. The lowest BCUT2D eigenvalue weighted by molar-refractivity contribution is 0.604. The maximum absolute atomic E-state index is 11.0. The summed E-state index contributed by atoms with van der Waals surface area (Å²) in [4.78, 5) is 0.225. The monoisotopic (exact) mass is 167 g/mol. The highest BCUT2D eigenvalue weighted by Crippen LogP contribution is 2.09. The molecule has 0 fully saturated rings. The van der Waals surface area contributed by atoms with Crippen LogP contribution >= 0.6 is 0 Å². The highest BCUT2D eigenvalue weighted by atomic mass is 32.2. The maximum atomic E-state index is 11.0. The molecule has 1 aromatic rings. The van der Waals surface area contributed by atoms with Gasteiger partial charge in [-0.15, -0.1) is 0 Å². The largest absolute Gasteiger partial charge is 0.268 e. The lowest BCUT2D eigenvalue weighted by Crippen LogP contribution is -1.93. The Morgan fingerprint density at radius 1 is 1.18 bits per heavy atom. The Morgan fingerprint density at radius 3 is 2.18 bits per heavy atom. The summed E-state index contributed by atoms with van der Waals surface area (Å²) in [6, 6.07) is 8.04. The number of rotatable bonds is 2. The van der Waals surface area contributed by atoms with Crippen molar-refractivity contribution in [3.8, 4) is 0 Å². The molecule has 0 radical (unpaired) electrons. The summed E-state index contributed by atoms with van der Waals surface area (Å²) in [5.41, 5.74) is 0. The lowest BCUT2D eigenvalue weighted by Gasteiger charge is -1.91. The molecule has 0 saturated heterocycles. The quantitative estimate of drug-likeness (QED) is 0.624. The Labute approximate surface area is 66.1 Å². The summed E-state index contributed by atoms with van der Waals surface area (Å²) < 4.78 is 22.0. The van der Waals surface area contributed by atoms with E-state index >= 15 is 0 Å². The fourth-order valence-electron chi connectivity index (χ4n) is 0.689. The molecule has 11 heavy (non-hydrogen) atoms. The van der Waals surface area contributed by atoms with Crippen LogP contribution in [-0.4, -0.2) is 8.42 Å². The van der Waals surface area contributed by atoms with Gasteiger partial charge in [-0.3, -0.25) is 0 Å². The average molecular weight is 167 g/mol. The van der Waals surface area contributed by atoms with E-state index in [9.17, 15) is 8.42 Å². The molecule has 0 saturated carbocycles. The van der Waals surface area contributed by atoms with Gasteiger partial charge >= 0.3 is 0 Å². The Hall–Kier alpha value is -1.18. The number of hydrogen-bond acceptors (Lipinski definition) is 2. The minimum Gasteiger partial charge on any atom is -0.214 e. The molecule has 0 N–H and O–H groups in total. The van der Waals surface area contributed by atoms with Gasteiger partial charge in [0.15, 0.2) is 0 Å². The van der Waals surface area contributed by atoms with Gasteiger partial charge in [0.2, 0.25) is 16.4 Å². The minimum atomic E-state index is -3.35.